The van der Waals surface area contributed by atoms with Crippen molar-refractivity contribution in [2.75, 3.05) is 5.32 Å². The molecule has 1 aromatic rings. The van der Waals surface area contributed by atoms with E-state index < -0.39 is 0 Å². The summed E-state index contributed by atoms with van der Waals surface area (Å²) in [6, 6.07) is 0. The first kappa shape index (κ1) is 18.8. The maximum atomic E-state index is 5.47. The fraction of sp³-hybridized carbons (Fsp3) is 0.417. The molecule has 0 aromatic carbocycles. The van der Waals surface area contributed by atoms with Crippen LogP contribution < -0.4 is 5.32 Å². The third-order valence-corrected chi connectivity index (χ3v) is 2.14. The number of nitrogens with zero attached hydrogens (tertiary/aromatic N) is 3. The number of aromatic nitrogens is 2. The summed E-state index contributed by atoms with van der Waals surface area (Å²) in [5.74, 6) is 1.56. The topological polar surface area (TPSA) is 50.2 Å². The Kier molecular flexibility index (Phi) is 9.35. The van der Waals surface area contributed by atoms with Gasteiger partial charge in [0.25, 0.3) is 0 Å². The number of aryl methyl sites for hydroxylation is 2. The van der Waals surface area contributed by atoms with Gasteiger partial charge < -0.3 is 16.9 Å². The van der Waals surface area contributed by atoms with Crippen molar-refractivity contribution >= 4 is 12.5 Å². The van der Waals surface area contributed by atoms with Crippen molar-refractivity contribution in [1.29, 1.82) is 0 Å². The standard InChI is InChI=1S/C11H14N4.CH4.Y.H2/c1-6-10-13-8(3)7(2)11(15-10)14-9(4)12-5;;;/h4-5H,6H2,1-3H3,(H,13,14,15);1H4;;1H/q-2;;;/i;;;1+1. The van der Waals surface area contributed by atoms with Gasteiger partial charge in [0.1, 0.15) is 11.6 Å². The molecule has 0 spiro atoms. The molecule has 0 saturated heterocycles. The minimum Gasteiger partial charge on any atom is -0.577 e. The molecule has 0 atom stereocenters. The van der Waals surface area contributed by atoms with Crippen LogP contribution >= 0.6 is 0 Å². The van der Waals surface area contributed by atoms with Crippen molar-refractivity contribution in [2.45, 2.75) is 34.6 Å². The number of hydrogen-bond acceptors (Lipinski definition) is 4. The van der Waals surface area contributed by atoms with E-state index in [1.807, 2.05) is 20.8 Å². The minimum absolute atomic E-state index is 0. The molecule has 0 aliphatic carbocycles. The van der Waals surface area contributed by atoms with Crippen LogP contribution in [0.3, 0.4) is 0 Å². The van der Waals surface area contributed by atoms with Crippen LogP contribution in [-0.4, -0.2) is 16.7 Å². The third kappa shape index (κ3) is 5.05. The van der Waals surface area contributed by atoms with Gasteiger partial charge >= 0.3 is 0 Å². The molecule has 0 amide bonds. The van der Waals surface area contributed by atoms with Gasteiger partial charge in [-0.2, -0.15) is 6.72 Å². The first-order valence-corrected chi connectivity index (χ1v) is 4.73. The fourth-order valence-corrected chi connectivity index (χ4v) is 1.12. The first-order valence-electron chi connectivity index (χ1n) is 4.73. The van der Waals surface area contributed by atoms with Gasteiger partial charge in [-0.05, 0) is 13.8 Å². The van der Waals surface area contributed by atoms with E-state index in [-0.39, 0.29) is 47.4 Å². The molecular formula is C12H20N4Y-2. The van der Waals surface area contributed by atoms with Gasteiger partial charge in [-0.25, -0.2) is 15.8 Å². The Morgan fingerprint density at radius 2 is 2.00 bits per heavy atom. The summed E-state index contributed by atoms with van der Waals surface area (Å²) in [4.78, 5) is 12.0. The van der Waals surface area contributed by atoms with E-state index in [2.05, 4.69) is 20.3 Å². The predicted octanol–water partition coefficient (Wildman–Crippen LogP) is 2.80. The molecule has 0 bridgehead atoms. The van der Waals surface area contributed by atoms with E-state index in [1.54, 1.807) is 0 Å². The maximum Gasteiger partial charge on any atom is 0.130 e. The summed E-state index contributed by atoms with van der Waals surface area (Å²) in [5, 5.41) is 2.83. The van der Waals surface area contributed by atoms with E-state index in [0.29, 0.717) is 5.82 Å². The van der Waals surface area contributed by atoms with Crippen molar-refractivity contribution in [3.8, 4) is 0 Å². The Morgan fingerprint density at radius 1 is 1.41 bits per heavy atom. The molecule has 0 fully saturated rings. The minimum atomic E-state index is 0. The van der Waals surface area contributed by atoms with E-state index >= 15 is 0 Å². The van der Waals surface area contributed by atoms with Crippen LogP contribution in [-0.2, 0) is 39.1 Å². The largest absolute Gasteiger partial charge is 0.577 e. The first-order chi connectivity index (χ1) is 7.08. The van der Waals surface area contributed by atoms with Crippen molar-refractivity contribution < 1.29 is 34.1 Å². The molecule has 1 radical (unpaired) electrons. The molecule has 0 unspecified atom stereocenters. The molecule has 0 aliphatic heterocycles. The molecule has 1 aromatic heterocycles. The van der Waals surface area contributed by atoms with Gasteiger partial charge in [0.2, 0.25) is 0 Å². The van der Waals surface area contributed by atoms with Crippen molar-refractivity contribution in [3.05, 3.63) is 29.5 Å². The fourth-order valence-electron chi connectivity index (χ4n) is 1.12. The van der Waals surface area contributed by atoms with E-state index in [1.165, 1.54) is 0 Å². The van der Waals surface area contributed by atoms with Gasteiger partial charge in [0.05, 0.1) is 0 Å². The predicted molar refractivity (Wildman–Crippen MR) is 69.7 cm³/mol. The second-order valence-corrected chi connectivity index (χ2v) is 3.19. The van der Waals surface area contributed by atoms with E-state index in [9.17, 15) is 0 Å². The Bertz CT molecular complexity index is 407. The molecule has 93 valence electrons. The molecule has 4 nitrogen and oxygen atoms in total. The number of hydrogen-bond donors (Lipinski definition) is 1. The molecule has 1 heterocycles. The molecule has 17 heavy (non-hydrogen) atoms. The van der Waals surface area contributed by atoms with Gasteiger partial charge in [-0.15, -0.1) is 0 Å². The van der Waals surface area contributed by atoms with Gasteiger partial charge in [0, 0.05) is 51.8 Å². The second kappa shape index (κ2) is 8.48. The van der Waals surface area contributed by atoms with Gasteiger partial charge in [-0.1, -0.05) is 14.4 Å². The average Bonchev–Trinajstić information content (AvgIpc) is 2.24. The molecule has 0 saturated carbocycles. The summed E-state index contributed by atoms with van der Waals surface area (Å²) < 4.78 is 0. The number of anilines is 1. The smallest absolute Gasteiger partial charge is 0.130 e. The average molecular weight is 310 g/mol. The van der Waals surface area contributed by atoms with Crippen molar-refractivity contribution in [1.82, 2.24) is 9.97 Å². The van der Waals surface area contributed by atoms with Crippen LogP contribution in [0.25, 0.3) is 0 Å². The number of nitrogens with one attached hydrogen (secondary N) is 1. The van der Waals surface area contributed by atoms with Crippen molar-refractivity contribution in [3.63, 3.8) is 0 Å². The van der Waals surface area contributed by atoms with Gasteiger partial charge in [0.15, 0.2) is 0 Å². The molecule has 1 N–H and O–H groups in total. The Morgan fingerprint density at radius 3 is 2.47 bits per heavy atom. The summed E-state index contributed by atoms with van der Waals surface area (Å²) in [6.07, 6.45) is 0.773. The van der Waals surface area contributed by atoms with Crippen LogP contribution in [0, 0.1) is 20.4 Å². The van der Waals surface area contributed by atoms with E-state index in [0.717, 1.165) is 23.5 Å². The van der Waals surface area contributed by atoms with Crippen LogP contribution in [0.15, 0.2) is 10.8 Å². The Labute approximate surface area is 130 Å². The van der Waals surface area contributed by atoms with Gasteiger partial charge in [-0.3, -0.25) is 0 Å². The maximum absolute atomic E-state index is 5.47. The van der Waals surface area contributed by atoms with Crippen molar-refractivity contribution in [2.24, 2.45) is 4.99 Å². The van der Waals surface area contributed by atoms with Crippen LogP contribution in [0.4, 0.5) is 5.82 Å². The molecule has 0 aliphatic rings. The monoisotopic (exact) mass is 310 g/mol. The number of rotatable bonds is 4. The molecule has 1 rings (SSSR count). The zero-order valence-electron chi connectivity index (χ0n) is 9.78. The zero-order valence-corrected chi connectivity index (χ0v) is 12.6. The molecule has 5 heteroatoms. The third-order valence-electron chi connectivity index (χ3n) is 2.14. The second-order valence-electron chi connectivity index (χ2n) is 3.19. The van der Waals surface area contributed by atoms with Crippen LogP contribution in [0.5, 0.6) is 0 Å². The zero-order chi connectivity index (χ0) is 11.4. The molecular weight excluding hydrogens is 289 g/mol. The number of aliphatic imine (C=N–C) groups is 1. The summed E-state index contributed by atoms with van der Waals surface area (Å²) in [6.45, 7) is 16.3. The van der Waals surface area contributed by atoms with Crippen LogP contribution in [0.2, 0.25) is 0 Å². The Hall–Kier alpha value is -0.606. The summed E-state index contributed by atoms with van der Waals surface area (Å²) in [5.41, 5.74) is 1.87. The van der Waals surface area contributed by atoms with Crippen LogP contribution in [0.1, 0.15) is 32.9 Å². The van der Waals surface area contributed by atoms with E-state index in [4.69, 9.17) is 13.3 Å². The summed E-state index contributed by atoms with van der Waals surface area (Å²) in [7, 11) is 0. The summed E-state index contributed by atoms with van der Waals surface area (Å²) >= 11 is 0. The normalized spacial score (nSPS) is 8.65. The Balaban J connectivity index is -0.000000750. The SMILES string of the molecule is C.[2HH].[CH-]=NC(=[CH-])Nc1nc(CC)nc(C)c1C.[Y]. The quantitative estimate of drug-likeness (QED) is 0.687.